The van der Waals surface area contributed by atoms with E-state index in [1.165, 1.54) is 0 Å². The summed E-state index contributed by atoms with van der Waals surface area (Å²) in [6.07, 6.45) is -3.87. The van der Waals surface area contributed by atoms with E-state index in [4.69, 9.17) is 5.73 Å². The van der Waals surface area contributed by atoms with Gasteiger partial charge < -0.3 is 5.73 Å². The second-order valence-corrected chi connectivity index (χ2v) is 4.35. The molecule has 0 spiro atoms. The summed E-state index contributed by atoms with van der Waals surface area (Å²) in [5, 5.41) is 0. The average molecular weight is 280 g/mol. The standard InChI is InChI=1S/C14H11F3N2O/c1-8-2-4-9(5-3-8)12-11(13(18)20)6-10(7-19-12)14(15,16)17/h2-7H,1H3,(H2,18,20). The molecule has 0 aliphatic heterocycles. The van der Waals surface area contributed by atoms with Crippen LogP contribution < -0.4 is 5.73 Å². The largest absolute Gasteiger partial charge is 0.417 e. The highest BCUT2D eigenvalue weighted by molar-refractivity contribution is 5.99. The molecule has 2 aromatic rings. The van der Waals surface area contributed by atoms with Gasteiger partial charge in [0.15, 0.2) is 0 Å². The molecule has 0 saturated heterocycles. The van der Waals surface area contributed by atoms with Gasteiger partial charge >= 0.3 is 6.18 Å². The number of rotatable bonds is 2. The number of primary amides is 1. The van der Waals surface area contributed by atoms with E-state index < -0.39 is 17.6 Å². The topological polar surface area (TPSA) is 56.0 Å². The van der Waals surface area contributed by atoms with E-state index in [2.05, 4.69) is 4.98 Å². The van der Waals surface area contributed by atoms with Crippen molar-refractivity contribution >= 4 is 5.91 Å². The van der Waals surface area contributed by atoms with Crippen LogP contribution in [0.15, 0.2) is 36.5 Å². The van der Waals surface area contributed by atoms with Gasteiger partial charge in [-0.2, -0.15) is 13.2 Å². The molecule has 0 unspecified atom stereocenters. The number of aromatic nitrogens is 1. The maximum Gasteiger partial charge on any atom is 0.417 e. The molecule has 2 N–H and O–H groups in total. The molecular weight excluding hydrogens is 269 g/mol. The van der Waals surface area contributed by atoms with E-state index in [1.54, 1.807) is 24.3 Å². The second kappa shape index (κ2) is 4.96. The van der Waals surface area contributed by atoms with E-state index in [0.29, 0.717) is 11.8 Å². The number of aryl methyl sites for hydroxylation is 1. The van der Waals surface area contributed by atoms with Crippen LogP contribution in [0.1, 0.15) is 21.5 Å². The Labute approximate surface area is 113 Å². The number of carbonyl (C=O) groups excluding carboxylic acids is 1. The first-order chi connectivity index (χ1) is 9.29. The predicted molar refractivity (Wildman–Crippen MR) is 67.9 cm³/mol. The fourth-order valence-electron chi connectivity index (χ4n) is 1.75. The minimum Gasteiger partial charge on any atom is -0.366 e. The summed E-state index contributed by atoms with van der Waals surface area (Å²) < 4.78 is 37.9. The third-order valence-corrected chi connectivity index (χ3v) is 2.81. The van der Waals surface area contributed by atoms with Crippen LogP contribution in [0.4, 0.5) is 13.2 Å². The minimum absolute atomic E-state index is 0.144. The monoisotopic (exact) mass is 280 g/mol. The van der Waals surface area contributed by atoms with Crippen molar-refractivity contribution in [1.82, 2.24) is 4.98 Å². The number of amides is 1. The highest BCUT2D eigenvalue weighted by Crippen LogP contribution is 2.31. The van der Waals surface area contributed by atoms with Crippen LogP contribution in [0.25, 0.3) is 11.3 Å². The number of nitrogens with two attached hydrogens (primary N) is 1. The highest BCUT2D eigenvalue weighted by atomic mass is 19.4. The molecule has 104 valence electrons. The average Bonchev–Trinajstić information content (AvgIpc) is 2.38. The van der Waals surface area contributed by atoms with Crippen molar-refractivity contribution in [2.24, 2.45) is 5.73 Å². The predicted octanol–water partition coefficient (Wildman–Crippen LogP) is 3.17. The molecule has 0 atom stereocenters. The zero-order valence-electron chi connectivity index (χ0n) is 10.5. The van der Waals surface area contributed by atoms with E-state index in [-0.39, 0.29) is 11.3 Å². The lowest BCUT2D eigenvalue weighted by Crippen LogP contribution is -2.16. The fourth-order valence-corrected chi connectivity index (χ4v) is 1.75. The van der Waals surface area contributed by atoms with Crippen molar-refractivity contribution in [1.29, 1.82) is 0 Å². The summed E-state index contributed by atoms with van der Waals surface area (Å²) in [5.41, 5.74) is 5.57. The van der Waals surface area contributed by atoms with Gasteiger partial charge in [-0.15, -0.1) is 0 Å². The molecule has 0 aliphatic carbocycles. The number of nitrogens with zero attached hydrogens (tertiary/aromatic N) is 1. The molecule has 3 nitrogen and oxygen atoms in total. The summed E-state index contributed by atoms with van der Waals surface area (Å²) in [6, 6.07) is 7.64. The molecule has 0 bridgehead atoms. The second-order valence-electron chi connectivity index (χ2n) is 4.35. The highest BCUT2D eigenvalue weighted by Gasteiger charge is 2.32. The van der Waals surface area contributed by atoms with Crippen molar-refractivity contribution < 1.29 is 18.0 Å². The SMILES string of the molecule is Cc1ccc(-c2ncc(C(F)(F)F)cc2C(N)=O)cc1. The van der Waals surface area contributed by atoms with Gasteiger partial charge in [-0.05, 0) is 13.0 Å². The van der Waals surface area contributed by atoms with Gasteiger partial charge in [0.25, 0.3) is 5.91 Å². The van der Waals surface area contributed by atoms with Gasteiger partial charge in [0.1, 0.15) is 0 Å². The molecule has 1 aromatic heterocycles. The molecule has 6 heteroatoms. The smallest absolute Gasteiger partial charge is 0.366 e. The van der Waals surface area contributed by atoms with Crippen molar-refractivity contribution in [3.63, 3.8) is 0 Å². The number of pyridine rings is 1. The summed E-state index contributed by atoms with van der Waals surface area (Å²) in [6.45, 7) is 1.87. The first kappa shape index (κ1) is 14.0. The van der Waals surface area contributed by atoms with Crippen LogP contribution in [0.2, 0.25) is 0 Å². The van der Waals surface area contributed by atoms with Crippen LogP contribution in [0.5, 0.6) is 0 Å². The number of hydrogen-bond acceptors (Lipinski definition) is 2. The number of carbonyl (C=O) groups is 1. The minimum atomic E-state index is -4.57. The zero-order valence-corrected chi connectivity index (χ0v) is 10.5. The molecule has 0 radical (unpaired) electrons. The number of alkyl halides is 3. The normalized spacial score (nSPS) is 11.4. The van der Waals surface area contributed by atoms with Gasteiger partial charge in [-0.1, -0.05) is 29.8 Å². The maximum atomic E-state index is 12.6. The quantitative estimate of drug-likeness (QED) is 0.918. The molecule has 1 heterocycles. The third-order valence-electron chi connectivity index (χ3n) is 2.81. The van der Waals surface area contributed by atoms with Crippen molar-refractivity contribution in [3.8, 4) is 11.3 Å². The van der Waals surface area contributed by atoms with Gasteiger partial charge in [-0.3, -0.25) is 9.78 Å². The fraction of sp³-hybridized carbons (Fsp3) is 0.143. The first-order valence-corrected chi connectivity index (χ1v) is 5.73. The van der Waals surface area contributed by atoms with Crippen molar-refractivity contribution in [2.75, 3.05) is 0 Å². The number of halogens is 3. The van der Waals surface area contributed by atoms with Crippen LogP contribution in [-0.4, -0.2) is 10.9 Å². The Morgan fingerprint density at radius 2 is 1.80 bits per heavy atom. The Balaban J connectivity index is 2.59. The molecule has 1 aromatic carbocycles. The van der Waals surface area contributed by atoms with Gasteiger partial charge in [-0.25, -0.2) is 0 Å². The number of benzene rings is 1. The molecule has 0 aliphatic rings. The lowest BCUT2D eigenvalue weighted by molar-refractivity contribution is -0.137. The lowest BCUT2D eigenvalue weighted by atomic mass is 10.0. The van der Waals surface area contributed by atoms with E-state index in [1.807, 2.05) is 6.92 Å². The summed E-state index contributed by atoms with van der Waals surface area (Å²) >= 11 is 0. The number of hydrogen-bond donors (Lipinski definition) is 1. The van der Waals surface area contributed by atoms with Gasteiger partial charge in [0, 0.05) is 11.8 Å². The van der Waals surface area contributed by atoms with E-state index in [9.17, 15) is 18.0 Å². The molecular formula is C14H11F3N2O. The van der Waals surface area contributed by atoms with E-state index >= 15 is 0 Å². The van der Waals surface area contributed by atoms with Crippen LogP contribution in [-0.2, 0) is 6.18 Å². The summed E-state index contributed by atoms with van der Waals surface area (Å²) in [7, 11) is 0. The lowest BCUT2D eigenvalue weighted by Gasteiger charge is -2.11. The summed E-state index contributed by atoms with van der Waals surface area (Å²) in [4.78, 5) is 15.1. The zero-order chi connectivity index (χ0) is 14.9. The van der Waals surface area contributed by atoms with E-state index in [0.717, 1.165) is 11.6 Å². The Kier molecular flexibility index (Phi) is 3.48. The third kappa shape index (κ3) is 2.79. The summed E-state index contributed by atoms with van der Waals surface area (Å²) in [5.74, 6) is -0.945. The first-order valence-electron chi connectivity index (χ1n) is 5.73. The van der Waals surface area contributed by atoms with Crippen LogP contribution in [0.3, 0.4) is 0 Å². The Hall–Kier alpha value is -2.37. The molecule has 1 amide bonds. The van der Waals surface area contributed by atoms with Gasteiger partial charge in [0.2, 0.25) is 0 Å². The maximum absolute atomic E-state index is 12.6. The Bertz CT molecular complexity index is 648. The van der Waals surface area contributed by atoms with Crippen molar-refractivity contribution in [2.45, 2.75) is 13.1 Å². The molecule has 0 saturated carbocycles. The van der Waals surface area contributed by atoms with Crippen molar-refractivity contribution in [3.05, 3.63) is 53.2 Å². The molecule has 0 fully saturated rings. The molecule has 20 heavy (non-hydrogen) atoms. The molecule has 2 rings (SSSR count). The van der Waals surface area contributed by atoms with Crippen LogP contribution >= 0.6 is 0 Å². The Morgan fingerprint density at radius 1 is 1.20 bits per heavy atom. The van der Waals surface area contributed by atoms with Crippen LogP contribution in [0, 0.1) is 6.92 Å². The Morgan fingerprint density at radius 3 is 2.30 bits per heavy atom. The van der Waals surface area contributed by atoms with Gasteiger partial charge in [0.05, 0.1) is 16.8 Å².